The van der Waals surface area contributed by atoms with Gasteiger partial charge in [0.25, 0.3) is 0 Å². The SMILES string of the molecule is CCCNc1nc(N2CCCCCC2C)c(Cl)cc1Cl. The first-order valence-corrected chi connectivity index (χ1v) is 8.25. The molecule has 0 bridgehead atoms. The molecule has 0 aliphatic carbocycles. The van der Waals surface area contributed by atoms with Gasteiger partial charge < -0.3 is 10.2 Å². The Bertz CT molecular complexity index is 451. The number of anilines is 2. The van der Waals surface area contributed by atoms with Crippen molar-refractivity contribution in [1.29, 1.82) is 0 Å². The first kappa shape index (κ1) is 15.7. The molecular weight excluding hydrogens is 293 g/mol. The van der Waals surface area contributed by atoms with E-state index in [2.05, 4.69) is 29.0 Å². The summed E-state index contributed by atoms with van der Waals surface area (Å²) in [5.41, 5.74) is 0. The van der Waals surface area contributed by atoms with Crippen LogP contribution in [-0.2, 0) is 0 Å². The molecule has 5 heteroatoms. The molecule has 0 saturated carbocycles. The smallest absolute Gasteiger partial charge is 0.150 e. The zero-order valence-corrected chi connectivity index (χ0v) is 13.8. The Kier molecular flexibility index (Phi) is 5.79. The predicted molar refractivity (Wildman–Crippen MR) is 88.3 cm³/mol. The number of nitrogens with one attached hydrogen (secondary N) is 1. The lowest BCUT2D eigenvalue weighted by atomic mass is 10.1. The summed E-state index contributed by atoms with van der Waals surface area (Å²) in [5, 5.41) is 4.51. The first-order chi connectivity index (χ1) is 9.63. The fourth-order valence-electron chi connectivity index (χ4n) is 2.62. The van der Waals surface area contributed by atoms with E-state index in [1.807, 2.05) is 0 Å². The van der Waals surface area contributed by atoms with Crippen LogP contribution in [0.25, 0.3) is 0 Å². The molecule has 3 nitrogen and oxygen atoms in total. The molecule has 0 radical (unpaired) electrons. The lowest BCUT2D eigenvalue weighted by molar-refractivity contribution is 0.611. The minimum Gasteiger partial charge on any atom is -0.369 e. The molecule has 2 heterocycles. The van der Waals surface area contributed by atoms with Crippen LogP contribution in [0.1, 0.15) is 46.0 Å². The summed E-state index contributed by atoms with van der Waals surface area (Å²) in [7, 11) is 0. The van der Waals surface area contributed by atoms with Crippen LogP contribution in [0.2, 0.25) is 10.0 Å². The molecule has 20 heavy (non-hydrogen) atoms. The molecule has 1 aromatic heterocycles. The van der Waals surface area contributed by atoms with Gasteiger partial charge in [-0.2, -0.15) is 0 Å². The van der Waals surface area contributed by atoms with Gasteiger partial charge in [0.1, 0.15) is 11.6 Å². The van der Waals surface area contributed by atoms with Crippen molar-refractivity contribution in [3.05, 3.63) is 16.1 Å². The van der Waals surface area contributed by atoms with Crippen molar-refractivity contribution in [2.75, 3.05) is 23.3 Å². The monoisotopic (exact) mass is 315 g/mol. The normalized spacial score (nSPS) is 19.8. The van der Waals surface area contributed by atoms with Crippen molar-refractivity contribution >= 4 is 34.8 Å². The van der Waals surface area contributed by atoms with Crippen LogP contribution in [0.5, 0.6) is 0 Å². The maximum Gasteiger partial charge on any atom is 0.150 e. The van der Waals surface area contributed by atoms with E-state index < -0.39 is 0 Å². The third-order valence-electron chi connectivity index (χ3n) is 3.78. The number of nitrogens with zero attached hydrogens (tertiary/aromatic N) is 2. The topological polar surface area (TPSA) is 28.2 Å². The van der Waals surface area contributed by atoms with Crippen LogP contribution in [-0.4, -0.2) is 24.1 Å². The van der Waals surface area contributed by atoms with Gasteiger partial charge in [0.2, 0.25) is 0 Å². The van der Waals surface area contributed by atoms with E-state index in [-0.39, 0.29) is 0 Å². The van der Waals surface area contributed by atoms with Crippen LogP contribution in [0.15, 0.2) is 6.07 Å². The number of pyridine rings is 1. The lowest BCUT2D eigenvalue weighted by Crippen LogP contribution is -2.33. The second kappa shape index (κ2) is 7.37. The molecule has 0 spiro atoms. The van der Waals surface area contributed by atoms with Gasteiger partial charge in [0, 0.05) is 19.1 Å². The molecular formula is C15H23Cl2N3. The molecule has 1 saturated heterocycles. The van der Waals surface area contributed by atoms with E-state index in [1.165, 1.54) is 25.7 Å². The molecule has 1 aliphatic rings. The van der Waals surface area contributed by atoms with Crippen LogP contribution >= 0.6 is 23.2 Å². The third-order valence-corrected chi connectivity index (χ3v) is 4.34. The molecule has 1 aliphatic heterocycles. The molecule has 0 amide bonds. The molecule has 1 aromatic rings. The minimum atomic E-state index is 0.475. The molecule has 1 N–H and O–H groups in total. The molecule has 1 atom stereocenters. The molecule has 1 fully saturated rings. The average Bonchev–Trinajstić information content (AvgIpc) is 2.63. The maximum absolute atomic E-state index is 6.37. The van der Waals surface area contributed by atoms with E-state index in [1.54, 1.807) is 6.07 Å². The average molecular weight is 316 g/mol. The summed E-state index contributed by atoms with van der Waals surface area (Å²) in [4.78, 5) is 7.00. The highest BCUT2D eigenvalue weighted by atomic mass is 35.5. The minimum absolute atomic E-state index is 0.475. The fraction of sp³-hybridized carbons (Fsp3) is 0.667. The summed E-state index contributed by atoms with van der Waals surface area (Å²) >= 11 is 12.6. The number of hydrogen-bond donors (Lipinski definition) is 1. The van der Waals surface area contributed by atoms with E-state index in [9.17, 15) is 0 Å². The van der Waals surface area contributed by atoms with Crippen LogP contribution < -0.4 is 10.2 Å². The third kappa shape index (κ3) is 3.70. The highest BCUT2D eigenvalue weighted by Gasteiger charge is 2.22. The van der Waals surface area contributed by atoms with Crippen molar-refractivity contribution in [3.8, 4) is 0 Å². The second-order valence-electron chi connectivity index (χ2n) is 5.44. The van der Waals surface area contributed by atoms with Gasteiger partial charge in [-0.15, -0.1) is 0 Å². The number of hydrogen-bond acceptors (Lipinski definition) is 3. The fourth-order valence-corrected chi connectivity index (χ4v) is 3.15. The van der Waals surface area contributed by atoms with Gasteiger partial charge in [-0.05, 0) is 32.3 Å². The maximum atomic E-state index is 6.37. The summed E-state index contributed by atoms with van der Waals surface area (Å²) in [6.45, 7) is 6.25. The zero-order chi connectivity index (χ0) is 14.5. The first-order valence-electron chi connectivity index (χ1n) is 7.50. The Hall–Kier alpha value is -0.670. The van der Waals surface area contributed by atoms with Crippen molar-refractivity contribution in [3.63, 3.8) is 0 Å². The van der Waals surface area contributed by atoms with Crippen LogP contribution in [0, 0.1) is 0 Å². The van der Waals surface area contributed by atoms with Gasteiger partial charge in [0.05, 0.1) is 10.0 Å². The van der Waals surface area contributed by atoms with E-state index in [0.29, 0.717) is 16.1 Å². The summed E-state index contributed by atoms with van der Waals surface area (Å²) in [5.74, 6) is 1.61. The zero-order valence-electron chi connectivity index (χ0n) is 12.3. The molecule has 0 aromatic carbocycles. The van der Waals surface area contributed by atoms with E-state index in [0.717, 1.165) is 31.1 Å². The van der Waals surface area contributed by atoms with Crippen molar-refractivity contribution in [2.45, 2.75) is 52.0 Å². The highest BCUT2D eigenvalue weighted by Crippen LogP contribution is 2.34. The number of rotatable bonds is 4. The van der Waals surface area contributed by atoms with Gasteiger partial charge in [-0.1, -0.05) is 43.0 Å². The second-order valence-corrected chi connectivity index (χ2v) is 6.26. The van der Waals surface area contributed by atoms with E-state index >= 15 is 0 Å². The van der Waals surface area contributed by atoms with Crippen molar-refractivity contribution in [2.24, 2.45) is 0 Å². The number of aromatic nitrogens is 1. The largest absolute Gasteiger partial charge is 0.369 e. The Balaban J connectivity index is 2.29. The summed E-state index contributed by atoms with van der Waals surface area (Å²) in [6, 6.07) is 2.28. The highest BCUT2D eigenvalue weighted by molar-refractivity contribution is 6.37. The van der Waals surface area contributed by atoms with Gasteiger partial charge in [0.15, 0.2) is 0 Å². The van der Waals surface area contributed by atoms with Gasteiger partial charge in [-0.3, -0.25) is 0 Å². The van der Waals surface area contributed by atoms with Crippen molar-refractivity contribution in [1.82, 2.24) is 4.98 Å². The van der Waals surface area contributed by atoms with E-state index in [4.69, 9.17) is 23.2 Å². The molecule has 112 valence electrons. The van der Waals surface area contributed by atoms with Crippen LogP contribution in [0.4, 0.5) is 11.6 Å². The quantitative estimate of drug-likeness (QED) is 0.849. The lowest BCUT2D eigenvalue weighted by Gasteiger charge is -2.29. The number of halogens is 2. The Labute approximate surface area is 131 Å². The standard InChI is InChI=1S/C15H23Cl2N3/c1-3-8-18-14-12(16)10-13(17)15(19-14)20-9-6-4-5-7-11(20)2/h10-11H,3-9H2,1-2H3,(H,18,19). The van der Waals surface area contributed by atoms with Crippen molar-refractivity contribution < 1.29 is 0 Å². The summed E-state index contributed by atoms with van der Waals surface area (Å²) in [6.07, 6.45) is 5.99. The molecule has 2 rings (SSSR count). The van der Waals surface area contributed by atoms with Crippen LogP contribution in [0.3, 0.4) is 0 Å². The van der Waals surface area contributed by atoms with Gasteiger partial charge >= 0.3 is 0 Å². The summed E-state index contributed by atoms with van der Waals surface area (Å²) < 4.78 is 0. The Morgan fingerprint density at radius 2 is 2.10 bits per heavy atom. The Morgan fingerprint density at radius 1 is 1.30 bits per heavy atom. The van der Waals surface area contributed by atoms with Gasteiger partial charge in [-0.25, -0.2) is 4.98 Å². The Morgan fingerprint density at radius 3 is 2.85 bits per heavy atom. The predicted octanol–water partition coefficient (Wildman–Crippen LogP) is 4.98. The molecule has 1 unspecified atom stereocenters.